The number of hydrogen-bond donors (Lipinski definition) is 1. The number of hydrogen-bond acceptors (Lipinski definition) is 4. The van der Waals surface area contributed by atoms with Crippen molar-refractivity contribution in [3.63, 3.8) is 0 Å². The van der Waals surface area contributed by atoms with Crippen LogP contribution in [0.15, 0.2) is 36.5 Å². The summed E-state index contributed by atoms with van der Waals surface area (Å²) in [6, 6.07) is 9.07. The average molecular weight is 230 g/mol. The first-order valence-corrected chi connectivity index (χ1v) is 5.23. The number of benzene rings is 1. The van der Waals surface area contributed by atoms with Gasteiger partial charge < -0.3 is 15.2 Å². The van der Waals surface area contributed by atoms with E-state index in [1.165, 1.54) is 0 Å². The van der Waals surface area contributed by atoms with E-state index < -0.39 is 0 Å². The van der Waals surface area contributed by atoms with Crippen LogP contribution < -0.4 is 15.2 Å². The second-order valence-corrected chi connectivity index (χ2v) is 3.61. The van der Waals surface area contributed by atoms with Gasteiger partial charge in [0.05, 0.1) is 7.11 Å². The summed E-state index contributed by atoms with van der Waals surface area (Å²) in [4.78, 5) is 4.01. The molecular weight excluding hydrogens is 216 g/mol. The van der Waals surface area contributed by atoms with E-state index in [2.05, 4.69) is 4.98 Å². The fourth-order valence-electron chi connectivity index (χ4n) is 1.44. The van der Waals surface area contributed by atoms with Crippen molar-refractivity contribution in [1.82, 2.24) is 4.98 Å². The van der Waals surface area contributed by atoms with Gasteiger partial charge in [0.1, 0.15) is 11.5 Å². The van der Waals surface area contributed by atoms with Gasteiger partial charge in [-0.05, 0) is 25.1 Å². The third-order valence-corrected chi connectivity index (χ3v) is 2.47. The highest BCUT2D eigenvalue weighted by Crippen LogP contribution is 2.29. The normalized spacial score (nSPS) is 10.0. The molecule has 0 bridgehead atoms. The van der Waals surface area contributed by atoms with Gasteiger partial charge in [0.25, 0.3) is 0 Å². The summed E-state index contributed by atoms with van der Waals surface area (Å²) in [6.45, 7) is 1.92. The number of ether oxygens (including phenoxy) is 2. The first-order valence-electron chi connectivity index (χ1n) is 5.23. The molecular formula is C13H14N2O2. The van der Waals surface area contributed by atoms with Crippen LogP contribution in [0.2, 0.25) is 0 Å². The Kier molecular flexibility index (Phi) is 3.14. The summed E-state index contributed by atoms with van der Waals surface area (Å²) in [5.74, 6) is 1.92. The fourth-order valence-corrected chi connectivity index (χ4v) is 1.44. The molecule has 88 valence electrons. The molecule has 2 rings (SSSR count). The Morgan fingerprint density at radius 3 is 2.82 bits per heavy atom. The lowest BCUT2D eigenvalue weighted by Crippen LogP contribution is -1.94. The molecule has 2 N–H and O–H groups in total. The Labute approximate surface area is 100 Å². The number of anilines is 1. The van der Waals surface area contributed by atoms with Crippen molar-refractivity contribution in [2.45, 2.75) is 6.92 Å². The molecule has 1 heterocycles. The van der Waals surface area contributed by atoms with Crippen molar-refractivity contribution in [2.24, 2.45) is 0 Å². The van der Waals surface area contributed by atoms with Crippen molar-refractivity contribution in [1.29, 1.82) is 0 Å². The molecule has 2 aromatic rings. The largest absolute Gasteiger partial charge is 0.481 e. The van der Waals surface area contributed by atoms with Gasteiger partial charge in [-0.1, -0.05) is 6.07 Å². The number of nitrogens with zero attached hydrogens (tertiary/aromatic N) is 1. The molecule has 0 unspecified atom stereocenters. The van der Waals surface area contributed by atoms with Crippen molar-refractivity contribution in [3.05, 3.63) is 42.1 Å². The minimum absolute atomic E-state index is 0.518. The van der Waals surface area contributed by atoms with E-state index in [0.717, 1.165) is 11.3 Å². The molecule has 4 heteroatoms. The summed E-state index contributed by atoms with van der Waals surface area (Å²) in [5.41, 5.74) is 7.44. The lowest BCUT2D eigenvalue weighted by Gasteiger charge is -2.10. The van der Waals surface area contributed by atoms with Crippen LogP contribution in [0, 0.1) is 6.92 Å². The Balaban J connectivity index is 2.28. The van der Waals surface area contributed by atoms with Gasteiger partial charge in [0.2, 0.25) is 5.88 Å². The van der Waals surface area contributed by atoms with Crippen LogP contribution in [0.4, 0.5) is 5.69 Å². The van der Waals surface area contributed by atoms with Crippen LogP contribution in [-0.2, 0) is 0 Å². The van der Waals surface area contributed by atoms with Crippen molar-refractivity contribution in [2.75, 3.05) is 12.8 Å². The Hall–Kier alpha value is -2.23. The summed E-state index contributed by atoms with van der Waals surface area (Å²) >= 11 is 0. The Bertz CT molecular complexity index is 527. The maximum Gasteiger partial charge on any atom is 0.216 e. The van der Waals surface area contributed by atoms with E-state index in [1.807, 2.05) is 25.1 Å². The van der Waals surface area contributed by atoms with E-state index in [1.54, 1.807) is 25.4 Å². The average Bonchev–Trinajstić information content (AvgIpc) is 2.35. The van der Waals surface area contributed by atoms with E-state index in [9.17, 15) is 0 Å². The third kappa shape index (κ3) is 2.47. The highest BCUT2D eigenvalue weighted by molar-refractivity contribution is 5.54. The summed E-state index contributed by atoms with van der Waals surface area (Å²) < 4.78 is 10.8. The topological polar surface area (TPSA) is 57.4 Å². The van der Waals surface area contributed by atoms with Crippen molar-refractivity contribution >= 4 is 5.69 Å². The second-order valence-electron chi connectivity index (χ2n) is 3.61. The minimum atomic E-state index is 0.518. The van der Waals surface area contributed by atoms with Crippen LogP contribution in [-0.4, -0.2) is 12.1 Å². The predicted octanol–water partition coefficient (Wildman–Crippen LogP) is 2.77. The molecule has 0 atom stereocenters. The first-order chi connectivity index (χ1) is 8.20. The number of rotatable bonds is 3. The van der Waals surface area contributed by atoms with Crippen LogP contribution in [0.1, 0.15) is 5.56 Å². The molecule has 0 amide bonds. The molecule has 17 heavy (non-hydrogen) atoms. The van der Waals surface area contributed by atoms with Gasteiger partial charge >= 0.3 is 0 Å². The van der Waals surface area contributed by atoms with Crippen LogP contribution in [0.25, 0.3) is 0 Å². The van der Waals surface area contributed by atoms with Crippen molar-refractivity contribution < 1.29 is 9.47 Å². The number of aromatic nitrogens is 1. The monoisotopic (exact) mass is 230 g/mol. The molecule has 0 aliphatic rings. The summed E-state index contributed by atoms with van der Waals surface area (Å²) in [6.07, 6.45) is 1.63. The van der Waals surface area contributed by atoms with E-state index in [4.69, 9.17) is 15.2 Å². The van der Waals surface area contributed by atoms with Gasteiger partial charge in [0.15, 0.2) is 0 Å². The van der Waals surface area contributed by atoms with Crippen molar-refractivity contribution in [3.8, 4) is 17.4 Å². The zero-order valence-corrected chi connectivity index (χ0v) is 9.81. The highest BCUT2D eigenvalue weighted by Gasteiger charge is 2.04. The van der Waals surface area contributed by atoms with Crippen LogP contribution >= 0.6 is 0 Å². The molecule has 0 spiro atoms. The third-order valence-electron chi connectivity index (χ3n) is 2.47. The summed E-state index contributed by atoms with van der Waals surface area (Å²) in [7, 11) is 1.57. The molecule has 0 aliphatic heterocycles. The summed E-state index contributed by atoms with van der Waals surface area (Å²) in [5, 5.41) is 0. The fraction of sp³-hybridized carbons (Fsp3) is 0.154. The molecule has 0 radical (unpaired) electrons. The second kappa shape index (κ2) is 4.74. The zero-order chi connectivity index (χ0) is 12.3. The highest BCUT2D eigenvalue weighted by atomic mass is 16.5. The molecule has 1 aromatic carbocycles. The van der Waals surface area contributed by atoms with Gasteiger partial charge in [-0.15, -0.1) is 0 Å². The van der Waals surface area contributed by atoms with E-state index in [-0.39, 0.29) is 0 Å². The smallest absolute Gasteiger partial charge is 0.216 e. The molecule has 4 nitrogen and oxygen atoms in total. The Morgan fingerprint density at radius 1 is 1.24 bits per heavy atom. The maximum atomic E-state index is 5.81. The number of nitrogen functional groups attached to an aromatic ring is 1. The molecule has 0 saturated heterocycles. The van der Waals surface area contributed by atoms with Gasteiger partial charge in [-0.25, -0.2) is 4.98 Å². The number of pyridine rings is 1. The predicted molar refractivity (Wildman–Crippen MR) is 66.5 cm³/mol. The molecule has 1 aromatic heterocycles. The van der Waals surface area contributed by atoms with Gasteiger partial charge in [0, 0.05) is 23.5 Å². The lowest BCUT2D eigenvalue weighted by atomic mass is 10.2. The zero-order valence-electron chi connectivity index (χ0n) is 9.81. The molecule has 0 saturated carbocycles. The van der Waals surface area contributed by atoms with Crippen LogP contribution in [0.5, 0.6) is 17.4 Å². The SMILES string of the molecule is COc1cc(Oc2cccc(N)c2C)ccn1. The molecule has 0 aliphatic carbocycles. The van der Waals surface area contributed by atoms with Crippen LogP contribution in [0.3, 0.4) is 0 Å². The number of methoxy groups -OCH3 is 1. The molecule has 0 fully saturated rings. The quantitative estimate of drug-likeness (QED) is 0.824. The van der Waals surface area contributed by atoms with Gasteiger partial charge in [-0.3, -0.25) is 0 Å². The van der Waals surface area contributed by atoms with Gasteiger partial charge in [-0.2, -0.15) is 0 Å². The first kappa shape index (κ1) is 11.3. The maximum absolute atomic E-state index is 5.81. The lowest BCUT2D eigenvalue weighted by molar-refractivity contribution is 0.392. The van der Waals surface area contributed by atoms with E-state index in [0.29, 0.717) is 17.3 Å². The minimum Gasteiger partial charge on any atom is -0.481 e. The standard InChI is InChI=1S/C13H14N2O2/c1-9-11(14)4-3-5-12(9)17-10-6-7-15-13(8-10)16-2/h3-8H,14H2,1-2H3. The Morgan fingerprint density at radius 2 is 2.06 bits per heavy atom. The number of nitrogens with two attached hydrogens (primary N) is 1. The van der Waals surface area contributed by atoms with E-state index >= 15 is 0 Å².